The van der Waals surface area contributed by atoms with Crippen LogP contribution in [0.15, 0.2) is 0 Å². The Balaban J connectivity index is 2.26. The molecule has 0 spiro atoms. The van der Waals surface area contributed by atoms with Crippen LogP contribution in [0, 0.1) is 0 Å². The minimum absolute atomic E-state index is 0.187. The lowest BCUT2D eigenvalue weighted by molar-refractivity contribution is 0.508. The van der Waals surface area contributed by atoms with E-state index >= 15 is 0 Å². The smallest absolute Gasteiger partial charge is 0.211 e. The zero-order valence-electron chi connectivity index (χ0n) is 10.9. The largest absolute Gasteiger partial charge is 0.320 e. The van der Waals surface area contributed by atoms with Gasteiger partial charge in [0.25, 0.3) is 0 Å². The maximum absolute atomic E-state index is 11.8. The quantitative estimate of drug-likeness (QED) is 0.541. The fourth-order valence-corrected chi connectivity index (χ4v) is 3.75. The molecule has 1 aliphatic rings. The van der Waals surface area contributed by atoms with E-state index in [4.69, 9.17) is 0 Å². The number of unbranched alkanes of at least 4 members (excludes halogenated alkanes) is 1. The zero-order chi connectivity index (χ0) is 12.6. The molecule has 0 aromatic heterocycles. The third-order valence-corrected chi connectivity index (χ3v) is 4.81. The van der Waals surface area contributed by atoms with Gasteiger partial charge in [-0.3, -0.25) is 0 Å². The van der Waals surface area contributed by atoms with E-state index < -0.39 is 10.0 Å². The molecular weight excluding hydrogens is 236 g/mol. The Labute approximate surface area is 106 Å². The molecule has 0 saturated heterocycles. The SMILES string of the molecule is CNCCCCS(=O)(=O)NC1CCCCCC1. The minimum Gasteiger partial charge on any atom is -0.320 e. The van der Waals surface area contributed by atoms with Gasteiger partial charge in [-0.05, 0) is 39.3 Å². The average molecular weight is 262 g/mol. The summed E-state index contributed by atoms with van der Waals surface area (Å²) >= 11 is 0. The molecule has 5 heteroatoms. The lowest BCUT2D eigenvalue weighted by atomic mass is 10.1. The molecule has 0 radical (unpaired) electrons. The monoisotopic (exact) mass is 262 g/mol. The van der Waals surface area contributed by atoms with Crippen molar-refractivity contribution in [2.75, 3.05) is 19.3 Å². The van der Waals surface area contributed by atoms with Crippen LogP contribution in [0.2, 0.25) is 0 Å². The molecule has 0 heterocycles. The molecular formula is C12H26N2O2S. The number of hydrogen-bond donors (Lipinski definition) is 2. The molecule has 0 atom stereocenters. The summed E-state index contributed by atoms with van der Waals surface area (Å²) in [5.41, 5.74) is 0. The zero-order valence-corrected chi connectivity index (χ0v) is 11.7. The van der Waals surface area contributed by atoms with Gasteiger partial charge in [-0.25, -0.2) is 13.1 Å². The van der Waals surface area contributed by atoms with E-state index in [9.17, 15) is 8.42 Å². The van der Waals surface area contributed by atoms with E-state index in [1.165, 1.54) is 12.8 Å². The van der Waals surface area contributed by atoms with Crippen LogP contribution in [-0.2, 0) is 10.0 Å². The van der Waals surface area contributed by atoms with Gasteiger partial charge in [0.05, 0.1) is 5.75 Å². The Kier molecular flexibility index (Phi) is 7.08. The molecule has 4 nitrogen and oxygen atoms in total. The fourth-order valence-electron chi connectivity index (χ4n) is 2.30. The normalized spacial score (nSPS) is 19.1. The summed E-state index contributed by atoms with van der Waals surface area (Å²) in [6, 6.07) is 0.187. The molecule has 0 unspecified atom stereocenters. The summed E-state index contributed by atoms with van der Waals surface area (Å²) in [5.74, 6) is 0.269. The highest BCUT2D eigenvalue weighted by Gasteiger charge is 2.18. The van der Waals surface area contributed by atoms with Crippen molar-refractivity contribution in [3.05, 3.63) is 0 Å². The van der Waals surface area contributed by atoms with Crippen LogP contribution in [0.4, 0.5) is 0 Å². The van der Waals surface area contributed by atoms with Crippen molar-refractivity contribution < 1.29 is 8.42 Å². The van der Waals surface area contributed by atoms with Gasteiger partial charge in [-0.15, -0.1) is 0 Å². The van der Waals surface area contributed by atoms with Gasteiger partial charge < -0.3 is 5.32 Å². The Hall–Kier alpha value is -0.130. The highest BCUT2D eigenvalue weighted by molar-refractivity contribution is 7.89. The van der Waals surface area contributed by atoms with Crippen molar-refractivity contribution in [3.63, 3.8) is 0 Å². The Morgan fingerprint density at radius 2 is 1.71 bits per heavy atom. The second-order valence-corrected chi connectivity index (χ2v) is 6.81. The second kappa shape index (κ2) is 8.06. The van der Waals surface area contributed by atoms with E-state index in [-0.39, 0.29) is 11.8 Å². The van der Waals surface area contributed by atoms with Crippen LogP contribution >= 0.6 is 0 Å². The molecule has 1 aliphatic carbocycles. The van der Waals surface area contributed by atoms with Crippen molar-refractivity contribution >= 4 is 10.0 Å². The van der Waals surface area contributed by atoms with Crippen molar-refractivity contribution in [2.24, 2.45) is 0 Å². The topological polar surface area (TPSA) is 58.2 Å². The van der Waals surface area contributed by atoms with Crippen LogP contribution in [0.1, 0.15) is 51.4 Å². The second-order valence-electron chi connectivity index (χ2n) is 4.94. The molecule has 0 amide bonds. The van der Waals surface area contributed by atoms with Crippen molar-refractivity contribution in [2.45, 2.75) is 57.4 Å². The van der Waals surface area contributed by atoms with E-state index in [0.29, 0.717) is 0 Å². The van der Waals surface area contributed by atoms with Crippen LogP contribution < -0.4 is 10.0 Å². The van der Waals surface area contributed by atoms with E-state index in [0.717, 1.165) is 45.1 Å². The van der Waals surface area contributed by atoms with Crippen LogP contribution in [0.3, 0.4) is 0 Å². The van der Waals surface area contributed by atoms with Gasteiger partial charge in [0.2, 0.25) is 10.0 Å². The predicted octanol–water partition coefficient (Wildman–Crippen LogP) is 1.63. The average Bonchev–Trinajstić information content (AvgIpc) is 2.52. The van der Waals surface area contributed by atoms with Crippen LogP contribution in [0.5, 0.6) is 0 Å². The highest BCUT2D eigenvalue weighted by atomic mass is 32.2. The van der Waals surface area contributed by atoms with Gasteiger partial charge >= 0.3 is 0 Å². The van der Waals surface area contributed by atoms with Crippen molar-refractivity contribution in [1.82, 2.24) is 10.0 Å². The first-order valence-electron chi connectivity index (χ1n) is 6.78. The van der Waals surface area contributed by atoms with Gasteiger partial charge in [0.1, 0.15) is 0 Å². The number of sulfonamides is 1. The first kappa shape index (κ1) is 14.9. The number of rotatable bonds is 7. The standard InChI is InChI=1S/C12H26N2O2S/c1-13-10-6-7-11-17(15,16)14-12-8-4-2-3-5-9-12/h12-14H,2-11H2,1H3. The molecule has 0 aromatic rings. The maximum Gasteiger partial charge on any atom is 0.211 e. The predicted molar refractivity (Wildman–Crippen MR) is 71.6 cm³/mol. The van der Waals surface area contributed by atoms with E-state index in [2.05, 4.69) is 10.0 Å². The summed E-state index contributed by atoms with van der Waals surface area (Å²) in [4.78, 5) is 0. The third-order valence-electron chi connectivity index (χ3n) is 3.29. The molecule has 0 aromatic carbocycles. The first-order valence-corrected chi connectivity index (χ1v) is 8.44. The molecule has 1 rings (SSSR count). The summed E-state index contributed by atoms with van der Waals surface area (Å²) in [5, 5.41) is 3.03. The Bertz CT molecular complexity index is 283. The molecule has 17 heavy (non-hydrogen) atoms. The fraction of sp³-hybridized carbons (Fsp3) is 1.00. The van der Waals surface area contributed by atoms with Gasteiger partial charge in [-0.2, -0.15) is 0 Å². The van der Waals surface area contributed by atoms with Gasteiger partial charge in [-0.1, -0.05) is 25.7 Å². The molecule has 1 fully saturated rings. The number of hydrogen-bond acceptors (Lipinski definition) is 3. The number of nitrogens with one attached hydrogen (secondary N) is 2. The van der Waals surface area contributed by atoms with Gasteiger partial charge in [0, 0.05) is 6.04 Å². The lowest BCUT2D eigenvalue weighted by Gasteiger charge is -2.16. The summed E-state index contributed by atoms with van der Waals surface area (Å²) in [6.45, 7) is 0.888. The Morgan fingerprint density at radius 1 is 1.06 bits per heavy atom. The van der Waals surface area contributed by atoms with Crippen molar-refractivity contribution in [3.8, 4) is 0 Å². The van der Waals surface area contributed by atoms with E-state index in [1.807, 2.05) is 7.05 Å². The molecule has 1 saturated carbocycles. The molecule has 102 valence electrons. The minimum atomic E-state index is -3.06. The molecule has 0 bridgehead atoms. The van der Waals surface area contributed by atoms with Crippen LogP contribution in [0.25, 0.3) is 0 Å². The molecule has 0 aliphatic heterocycles. The Morgan fingerprint density at radius 3 is 2.29 bits per heavy atom. The lowest BCUT2D eigenvalue weighted by Crippen LogP contribution is -2.36. The van der Waals surface area contributed by atoms with E-state index in [1.54, 1.807) is 0 Å². The first-order chi connectivity index (χ1) is 8.14. The highest BCUT2D eigenvalue weighted by Crippen LogP contribution is 2.17. The van der Waals surface area contributed by atoms with Gasteiger partial charge in [0.15, 0.2) is 0 Å². The van der Waals surface area contributed by atoms with Crippen LogP contribution in [-0.4, -0.2) is 33.8 Å². The summed E-state index contributed by atoms with van der Waals surface area (Å²) in [7, 11) is -1.17. The summed E-state index contributed by atoms with van der Waals surface area (Å²) < 4.78 is 26.5. The third kappa shape index (κ3) is 7.01. The molecule has 2 N–H and O–H groups in total. The summed E-state index contributed by atoms with van der Waals surface area (Å²) in [6.07, 6.45) is 8.50. The van der Waals surface area contributed by atoms with Crippen molar-refractivity contribution in [1.29, 1.82) is 0 Å². The maximum atomic E-state index is 11.8.